The van der Waals surface area contributed by atoms with E-state index in [9.17, 15) is 9.59 Å². The number of nitrogens with one attached hydrogen (secondary N) is 1. The second-order valence-electron chi connectivity index (χ2n) is 9.45. The van der Waals surface area contributed by atoms with Crippen molar-refractivity contribution >= 4 is 17.7 Å². The number of hydrogen-bond acceptors (Lipinski definition) is 5. The van der Waals surface area contributed by atoms with Crippen molar-refractivity contribution in [3.63, 3.8) is 0 Å². The van der Waals surface area contributed by atoms with Crippen molar-refractivity contribution in [2.24, 2.45) is 0 Å². The number of likely N-dealkylation sites (tertiary alicyclic amines) is 1. The lowest BCUT2D eigenvalue weighted by Gasteiger charge is -2.41. The molecular weight excluding hydrogens is 368 g/mol. The van der Waals surface area contributed by atoms with Crippen molar-refractivity contribution in [1.82, 2.24) is 4.90 Å². The summed E-state index contributed by atoms with van der Waals surface area (Å²) >= 11 is 0. The predicted octanol–water partition coefficient (Wildman–Crippen LogP) is 4.94. The molecule has 3 rings (SSSR count). The monoisotopic (exact) mass is 402 g/mol. The SMILES string of the molecule is CCOC(=O)c1ccc(NC2(C)CCN(C(=O)OC(C)(C)C)CC2)c(C2CC2)c1. The van der Waals surface area contributed by atoms with Crippen molar-refractivity contribution in [3.05, 3.63) is 29.3 Å². The van der Waals surface area contributed by atoms with Gasteiger partial charge in [0, 0.05) is 24.3 Å². The average Bonchev–Trinajstić information content (AvgIpc) is 3.46. The van der Waals surface area contributed by atoms with Gasteiger partial charge in [0.05, 0.1) is 12.2 Å². The predicted molar refractivity (Wildman–Crippen MR) is 113 cm³/mol. The van der Waals surface area contributed by atoms with Crippen molar-refractivity contribution in [1.29, 1.82) is 0 Å². The zero-order chi connectivity index (χ0) is 21.2. The Kier molecular flexibility index (Phi) is 6.11. The first kappa shape index (κ1) is 21.5. The van der Waals surface area contributed by atoms with Crippen molar-refractivity contribution in [2.45, 2.75) is 77.4 Å². The van der Waals surface area contributed by atoms with Gasteiger partial charge in [-0.2, -0.15) is 0 Å². The molecular formula is C23H34N2O4. The molecule has 6 nitrogen and oxygen atoms in total. The van der Waals surface area contributed by atoms with E-state index in [0.717, 1.165) is 31.4 Å². The molecule has 1 heterocycles. The standard InChI is InChI=1S/C23H34N2O4/c1-6-28-20(26)17-9-10-19(18(15-17)16-7-8-16)24-23(5)11-13-25(14-12-23)21(27)29-22(2,3)4/h9-10,15-16,24H,6-8,11-14H2,1-5H3. The van der Waals surface area contributed by atoms with E-state index >= 15 is 0 Å². The molecule has 1 aromatic carbocycles. The summed E-state index contributed by atoms with van der Waals surface area (Å²) in [6.07, 6.45) is 3.76. The van der Waals surface area contributed by atoms with Crippen LogP contribution in [-0.4, -0.2) is 47.8 Å². The van der Waals surface area contributed by atoms with Crippen molar-refractivity contribution < 1.29 is 19.1 Å². The minimum absolute atomic E-state index is 0.104. The molecule has 6 heteroatoms. The first-order valence-corrected chi connectivity index (χ1v) is 10.7. The molecule has 1 aromatic rings. The topological polar surface area (TPSA) is 67.9 Å². The number of benzene rings is 1. The molecule has 0 atom stereocenters. The van der Waals surface area contributed by atoms with E-state index in [0.29, 0.717) is 31.2 Å². The Morgan fingerprint density at radius 3 is 2.41 bits per heavy atom. The molecule has 1 N–H and O–H groups in total. The molecule has 0 unspecified atom stereocenters. The maximum atomic E-state index is 12.3. The average molecular weight is 403 g/mol. The van der Waals surface area contributed by atoms with Gasteiger partial charge in [-0.3, -0.25) is 0 Å². The fourth-order valence-electron chi connectivity index (χ4n) is 3.71. The lowest BCUT2D eigenvalue weighted by Crippen LogP contribution is -2.50. The molecule has 160 valence electrons. The first-order valence-electron chi connectivity index (χ1n) is 10.7. The number of carbonyl (C=O) groups is 2. The minimum Gasteiger partial charge on any atom is -0.462 e. The Bertz CT molecular complexity index is 757. The third kappa shape index (κ3) is 5.64. The molecule has 2 fully saturated rings. The van der Waals surface area contributed by atoms with Crippen LogP contribution in [-0.2, 0) is 9.47 Å². The zero-order valence-corrected chi connectivity index (χ0v) is 18.3. The normalized spacial score (nSPS) is 18.9. The Labute approximate surface area is 173 Å². The highest BCUT2D eigenvalue weighted by Gasteiger charge is 2.35. The molecule has 0 spiro atoms. The molecule has 2 aliphatic rings. The Morgan fingerprint density at radius 1 is 1.21 bits per heavy atom. The van der Waals surface area contributed by atoms with E-state index < -0.39 is 5.60 Å². The molecule has 0 aromatic heterocycles. The number of carbonyl (C=O) groups excluding carboxylic acids is 2. The maximum absolute atomic E-state index is 12.3. The van der Waals surface area contributed by atoms with E-state index in [1.807, 2.05) is 45.9 Å². The summed E-state index contributed by atoms with van der Waals surface area (Å²) in [5.74, 6) is 0.246. The van der Waals surface area contributed by atoms with E-state index in [1.165, 1.54) is 5.56 Å². The van der Waals surface area contributed by atoms with Gasteiger partial charge in [0.1, 0.15) is 5.60 Å². The summed E-state index contributed by atoms with van der Waals surface area (Å²) in [5, 5.41) is 3.72. The Balaban J connectivity index is 1.67. The largest absolute Gasteiger partial charge is 0.462 e. The molecule has 1 aliphatic heterocycles. The molecule has 0 bridgehead atoms. The molecule has 1 saturated heterocycles. The minimum atomic E-state index is -0.476. The van der Waals surface area contributed by atoms with Gasteiger partial charge in [0.2, 0.25) is 0 Å². The second-order valence-corrected chi connectivity index (χ2v) is 9.45. The summed E-state index contributed by atoms with van der Waals surface area (Å²) < 4.78 is 10.7. The molecule has 29 heavy (non-hydrogen) atoms. The highest BCUT2D eigenvalue weighted by molar-refractivity contribution is 5.90. The Morgan fingerprint density at radius 2 is 1.86 bits per heavy atom. The van der Waals surface area contributed by atoms with Crippen molar-refractivity contribution in [3.8, 4) is 0 Å². The van der Waals surface area contributed by atoms with Crippen LogP contribution in [0, 0.1) is 0 Å². The van der Waals surface area contributed by atoms with Crippen LogP contribution >= 0.6 is 0 Å². The van der Waals surface area contributed by atoms with E-state index in [-0.39, 0.29) is 17.6 Å². The summed E-state index contributed by atoms with van der Waals surface area (Å²) in [6, 6.07) is 5.83. The highest BCUT2D eigenvalue weighted by Crippen LogP contribution is 2.45. The van der Waals surface area contributed by atoms with E-state index in [2.05, 4.69) is 12.2 Å². The summed E-state index contributed by atoms with van der Waals surface area (Å²) in [7, 11) is 0. The zero-order valence-electron chi connectivity index (χ0n) is 18.3. The van der Waals surface area contributed by atoms with Crippen LogP contribution in [0.15, 0.2) is 18.2 Å². The van der Waals surface area contributed by atoms with Gasteiger partial charge < -0.3 is 19.7 Å². The number of esters is 1. The second kappa shape index (κ2) is 8.25. The highest BCUT2D eigenvalue weighted by atomic mass is 16.6. The number of rotatable bonds is 5. The van der Waals surface area contributed by atoms with E-state index in [1.54, 1.807) is 4.90 Å². The van der Waals surface area contributed by atoms with Gasteiger partial charge in [-0.25, -0.2) is 9.59 Å². The van der Waals surface area contributed by atoms with Gasteiger partial charge >= 0.3 is 12.1 Å². The number of amides is 1. The number of nitrogens with zero attached hydrogens (tertiary/aromatic N) is 1. The van der Waals surface area contributed by atoms with Crippen LogP contribution < -0.4 is 5.32 Å². The van der Waals surface area contributed by atoms with Crippen LogP contribution in [0.25, 0.3) is 0 Å². The summed E-state index contributed by atoms with van der Waals surface area (Å²) in [4.78, 5) is 26.2. The molecule has 1 saturated carbocycles. The third-order valence-corrected chi connectivity index (χ3v) is 5.54. The third-order valence-electron chi connectivity index (χ3n) is 5.54. The van der Waals surface area contributed by atoms with Crippen LogP contribution in [0.3, 0.4) is 0 Å². The molecule has 1 aliphatic carbocycles. The number of anilines is 1. The maximum Gasteiger partial charge on any atom is 0.410 e. The van der Waals surface area contributed by atoms with E-state index in [4.69, 9.17) is 9.47 Å². The summed E-state index contributed by atoms with van der Waals surface area (Å²) in [6.45, 7) is 11.4. The van der Waals surface area contributed by atoms with Gasteiger partial charge in [0.15, 0.2) is 0 Å². The fraction of sp³-hybridized carbons (Fsp3) is 0.652. The molecule has 1 amide bonds. The van der Waals surface area contributed by atoms with Gasteiger partial charge in [0.25, 0.3) is 0 Å². The van der Waals surface area contributed by atoms with Crippen LogP contribution in [0.4, 0.5) is 10.5 Å². The fourth-order valence-corrected chi connectivity index (χ4v) is 3.71. The summed E-state index contributed by atoms with van der Waals surface area (Å²) in [5.41, 5.74) is 2.33. The number of piperidine rings is 1. The smallest absolute Gasteiger partial charge is 0.410 e. The number of hydrogen-bond donors (Lipinski definition) is 1. The lowest BCUT2D eigenvalue weighted by atomic mass is 9.88. The quantitative estimate of drug-likeness (QED) is 0.707. The van der Waals surface area contributed by atoms with Crippen LogP contribution in [0.5, 0.6) is 0 Å². The van der Waals surface area contributed by atoms with Crippen molar-refractivity contribution in [2.75, 3.05) is 25.0 Å². The van der Waals surface area contributed by atoms with Gasteiger partial charge in [-0.05, 0) is 90.0 Å². The first-order chi connectivity index (χ1) is 13.6. The van der Waals surface area contributed by atoms with Crippen LogP contribution in [0.1, 0.15) is 82.1 Å². The van der Waals surface area contributed by atoms with Gasteiger partial charge in [-0.1, -0.05) is 0 Å². The van der Waals surface area contributed by atoms with Crippen LogP contribution in [0.2, 0.25) is 0 Å². The van der Waals surface area contributed by atoms with Gasteiger partial charge in [-0.15, -0.1) is 0 Å². The Hall–Kier alpha value is -2.24. The molecule has 0 radical (unpaired) electrons. The lowest BCUT2D eigenvalue weighted by molar-refractivity contribution is 0.0184. The number of ether oxygens (including phenoxy) is 2.